The average Bonchev–Trinajstić information content (AvgIpc) is 3.30. The standard InChI is InChI=1S/C18H23ClF3N5O/c1-3-14(17(28)23-7-11(2)9-26-10-12(19)8-24-26)27-15-6-4-5-13(15)16(25-27)18(20,21)22/h8,10-11,14H,3-7,9H2,1-2H3,(H,23,28)/t11-,14+/m1/s1. The molecule has 6 nitrogen and oxygen atoms in total. The van der Waals surface area contributed by atoms with Crippen molar-refractivity contribution < 1.29 is 18.0 Å². The maximum absolute atomic E-state index is 13.3. The van der Waals surface area contributed by atoms with Crippen LogP contribution < -0.4 is 5.32 Å². The molecule has 10 heteroatoms. The molecule has 0 aliphatic heterocycles. The molecule has 0 spiro atoms. The summed E-state index contributed by atoms with van der Waals surface area (Å²) >= 11 is 5.84. The van der Waals surface area contributed by atoms with Crippen LogP contribution >= 0.6 is 11.6 Å². The summed E-state index contributed by atoms with van der Waals surface area (Å²) in [4.78, 5) is 12.7. The van der Waals surface area contributed by atoms with E-state index in [4.69, 9.17) is 11.6 Å². The number of aromatic nitrogens is 4. The number of fused-ring (bicyclic) bond motifs is 1. The lowest BCUT2D eigenvalue weighted by atomic mass is 10.1. The van der Waals surface area contributed by atoms with Crippen molar-refractivity contribution in [2.24, 2.45) is 5.92 Å². The van der Waals surface area contributed by atoms with Gasteiger partial charge in [-0.3, -0.25) is 14.2 Å². The predicted octanol–water partition coefficient (Wildman–Crippen LogP) is 3.64. The van der Waals surface area contributed by atoms with Crippen LogP contribution in [-0.2, 0) is 30.4 Å². The van der Waals surface area contributed by atoms with Gasteiger partial charge in [0.2, 0.25) is 5.91 Å². The minimum atomic E-state index is -4.51. The highest BCUT2D eigenvalue weighted by atomic mass is 35.5. The molecule has 2 aromatic heterocycles. The average molecular weight is 418 g/mol. The smallest absolute Gasteiger partial charge is 0.354 e. The molecule has 0 saturated carbocycles. The first-order chi connectivity index (χ1) is 13.2. The van der Waals surface area contributed by atoms with Crippen LogP contribution in [0.25, 0.3) is 0 Å². The van der Waals surface area contributed by atoms with Crippen molar-refractivity contribution in [2.75, 3.05) is 6.54 Å². The molecule has 1 aliphatic carbocycles. The second-order valence-corrected chi connectivity index (χ2v) is 7.66. The third-order valence-electron chi connectivity index (χ3n) is 4.94. The van der Waals surface area contributed by atoms with Crippen LogP contribution in [0.5, 0.6) is 0 Å². The highest BCUT2D eigenvalue weighted by Gasteiger charge is 2.41. The summed E-state index contributed by atoms with van der Waals surface area (Å²) in [5.74, 6) is -0.245. The van der Waals surface area contributed by atoms with Crippen molar-refractivity contribution in [3.8, 4) is 0 Å². The number of hydrogen-bond acceptors (Lipinski definition) is 3. The fourth-order valence-corrected chi connectivity index (χ4v) is 3.79. The van der Waals surface area contributed by atoms with E-state index in [1.807, 2.05) is 6.92 Å². The maximum Gasteiger partial charge on any atom is 0.435 e. The zero-order valence-corrected chi connectivity index (χ0v) is 16.5. The topological polar surface area (TPSA) is 64.7 Å². The molecular formula is C18H23ClF3N5O. The monoisotopic (exact) mass is 417 g/mol. The SMILES string of the molecule is CC[C@@H](C(=O)NC[C@@H](C)Cn1cc(Cl)cn1)n1nc(C(F)(F)F)c2c1CCC2. The largest absolute Gasteiger partial charge is 0.435 e. The number of rotatable bonds is 7. The Hall–Kier alpha value is -2.03. The summed E-state index contributed by atoms with van der Waals surface area (Å²) in [6.45, 7) is 4.67. The number of hydrogen-bond donors (Lipinski definition) is 1. The van der Waals surface area contributed by atoms with E-state index in [-0.39, 0.29) is 17.4 Å². The number of amides is 1. The van der Waals surface area contributed by atoms with E-state index in [1.165, 1.54) is 10.9 Å². The van der Waals surface area contributed by atoms with Gasteiger partial charge in [0.1, 0.15) is 6.04 Å². The van der Waals surface area contributed by atoms with Gasteiger partial charge in [0.15, 0.2) is 5.69 Å². The van der Waals surface area contributed by atoms with E-state index in [0.717, 1.165) is 0 Å². The zero-order chi connectivity index (χ0) is 20.5. The Morgan fingerprint density at radius 1 is 1.39 bits per heavy atom. The minimum absolute atomic E-state index is 0.0755. The summed E-state index contributed by atoms with van der Waals surface area (Å²) in [7, 11) is 0. The maximum atomic E-state index is 13.3. The molecule has 154 valence electrons. The quantitative estimate of drug-likeness (QED) is 0.748. The van der Waals surface area contributed by atoms with Crippen molar-refractivity contribution in [3.05, 3.63) is 34.4 Å². The highest BCUT2D eigenvalue weighted by Crippen LogP contribution is 2.37. The summed E-state index contributed by atoms with van der Waals surface area (Å²) in [6, 6.07) is -0.755. The summed E-state index contributed by atoms with van der Waals surface area (Å²) in [6.07, 6.45) is 0.605. The fourth-order valence-electron chi connectivity index (χ4n) is 3.63. The number of nitrogens with one attached hydrogen (secondary N) is 1. The molecule has 0 saturated heterocycles. The van der Waals surface area contributed by atoms with Crippen LogP contribution in [0.4, 0.5) is 13.2 Å². The Balaban J connectivity index is 1.69. The van der Waals surface area contributed by atoms with Crippen LogP contribution in [-0.4, -0.2) is 32.0 Å². The Labute approximate surface area is 166 Å². The van der Waals surface area contributed by atoms with Gasteiger partial charge in [0.25, 0.3) is 0 Å². The lowest BCUT2D eigenvalue weighted by molar-refractivity contribution is -0.142. The molecule has 0 unspecified atom stereocenters. The van der Waals surface area contributed by atoms with E-state index < -0.39 is 17.9 Å². The van der Waals surface area contributed by atoms with Crippen LogP contribution in [0.15, 0.2) is 12.4 Å². The van der Waals surface area contributed by atoms with Gasteiger partial charge in [-0.2, -0.15) is 23.4 Å². The van der Waals surface area contributed by atoms with Gasteiger partial charge < -0.3 is 5.32 Å². The third kappa shape index (κ3) is 4.34. The van der Waals surface area contributed by atoms with Gasteiger partial charge in [0.05, 0.1) is 11.2 Å². The minimum Gasteiger partial charge on any atom is -0.354 e. The molecule has 1 N–H and O–H groups in total. The van der Waals surface area contributed by atoms with Crippen LogP contribution in [0.2, 0.25) is 5.02 Å². The Kier molecular flexibility index (Phi) is 6.02. The molecule has 0 aromatic carbocycles. The molecule has 1 aliphatic rings. The lowest BCUT2D eigenvalue weighted by Gasteiger charge is -2.20. The van der Waals surface area contributed by atoms with Crippen LogP contribution in [0.1, 0.15) is 49.7 Å². The number of nitrogens with zero attached hydrogens (tertiary/aromatic N) is 4. The summed E-state index contributed by atoms with van der Waals surface area (Å²) in [5.41, 5.74) is -0.0774. The second-order valence-electron chi connectivity index (χ2n) is 7.22. The number of carbonyl (C=O) groups is 1. The molecule has 0 fully saturated rings. The van der Waals surface area contributed by atoms with Gasteiger partial charge in [-0.25, -0.2) is 0 Å². The Morgan fingerprint density at radius 2 is 2.14 bits per heavy atom. The van der Waals surface area contributed by atoms with E-state index >= 15 is 0 Å². The fraction of sp³-hybridized carbons (Fsp3) is 0.611. The van der Waals surface area contributed by atoms with Gasteiger partial charge in [-0.1, -0.05) is 25.4 Å². The van der Waals surface area contributed by atoms with E-state index in [1.54, 1.807) is 17.8 Å². The van der Waals surface area contributed by atoms with Gasteiger partial charge in [-0.05, 0) is 31.6 Å². The van der Waals surface area contributed by atoms with Crippen LogP contribution in [0.3, 0.4) is 0 Å². The molecule has 28 heavy (non-hydrogen) atoms. The van der Waals surface area contributed by atoms with Gasteiger partial charge in [0, 0.05) is 30.5 Å². The number of halogens is 4. The van der Waals surface area contributed by atoms with Crippen molar-refractivity contribution >= 4 is 17.5 Å². The van der Waals surface area contributed by atoms with Gasteiger partial charge >= 0.3 is 6.18 Å². The lowest BCUT2D eigenvalue weighted by Crippen LogP contribution is -2.36. The third-order valence-corrected chi connectivity index (χ3v) is 5.13. The van der Waals surface area contributed by atoms with Crippen molar-refractivity contribution in [2.45, 2.75) is 58.3 Å². The first-order valence-corrected chi connectivity index (χ1v) is 9.71. The Bertz CT molecular complexity index is 845. The van der Waals surface area contributed by atoms with Crippen LogP contribution in [0, 0.1) is 5.92 Å². The van der Waals surface area contributed by atoms with Crippen molar-refractivity contribution in [1.29, 1.82) is 0 Å². The number of carbonyl (C=O) groups excluding carboxylic acids is 1. The van der Waals surface area contributed by atoms with E-state index in [2.05, 4.69) is 15.5 Å². The first kappa shape index (κ1) is 20.7. The second kappa shape index (κ2) is 8.14. The van der Waals surface area contributed by atoms with Crippen molar-refractivity contribution in [1.82, 2.24) is 24.9 Å². The van der Waals surface area contributed by atoms with E-state index in [0.29, 0.717) is 49.5 Å². The molecule has 2 heterocycles. The predicted molar refractivity (Wildman–Crippen MR) is 98.0 cm³/mol. The van der Waals surface area contributed by atoms with Crippen molar-refractivity contribution in [3.63, 3.8) is 0 Å². The normalized spacial score (nSPS) is 16.1. The summed E-state index contributed by atoms with van der Waals surface area (Å²) in [5, 5.41) is 11.3. The first-order valence-electron chi connectivity index (χ1n) is 9.33. The molecule has 2 atom stereocenters. The Morgan fingerprint density at radius 3 is 2.75 bits per heavy atom. The number of alkyl halides is 3. The molecule has 3 rings (SSSR count). The van der Waals surface area contributed by atoms with Gasteiger partial charge in [-0.15, -0.1) is 0 Å². The summed E-state index contributed by atoms with van der Waals surface area (Å²) < 4.78 is 42.9. The molecular weight excluding hydrogens is 395 g/mol. The molecule has 0 radical (unpaired) electrons. The molecule has 2 aromatic rings. The molecule has 0 bridgehead atoms. The van der Waals surface area contributed by atoms with E-state index in [9.17, 15) is 18.0 Å². The highest BCUT2D eigenvalue weighted by molar-refractivity contribution is 6.30. The zero-order valence-electron chi connectivity index (χ0n) is 15.8. The molecule has 1 amide bonds.